The average molecular weight is 413 g/mol. The molecule has 1 aromatic rings. The molecule has 0 unspecified atom stereocenters. The fourth-order valence-electron chi connectivity index (χ4n) is 2.39. The molecule has 9 nitrogen and oxygen atoms in total. The molecular formula is C18H27N3O6S. The van der Waals surface area contributed by atoms with Gasteiger partial charge < -0.3 is 15.4 Å². The highest BCUT2D eigenvalue weighted by molar-refractivity contribution is 7.89. The second kappa shape index (κ2) is 10.8. The normalized spacial score (nSPS) is 11.2. The van der Waals surface area contributed by atoms with Gasteiger partial charge in [0.05, 0.1) is 17.0 Å². The van der Waals surface area contributed by atoms with Gasteiger partial charge in [0.2, 0.25) is 15.9 Å². The summed E-state index contributed by atoms with van der Waals surface area (Å²) in [6, 6.07) is 4.19. The van der Waals surface area contributed by atoms with Crippen molar-refractivity contribution in [1.29, 1.82) is 0 Å². The molecule has 2 N–H and O–H groups in total. The van der Waals surface area contributed by atoms with Crippen molar-refractivity contribution in [3.63, 3.8) is 0 Å². The first kappa shape index (κ1) is 23.6. The third-order valence-corrected chi connectivity index (χ3v) is 5.97. The third-order valence-electron chi connectivity index (χ3n) is 3.93. The van der Waals surface area contributed by atoms with Crippen LogP contribution in [0.4, 0.5) is 0 Å². The first-order valence-corrected chi connectivity index (χ1v) is 10.4. The molecule has 0 radical (unpaired) electrons. The summed E-state index contributed by atoms with van der Waals surface area (Å²) in [6.07, 6.45) is 0. The number of hydrogen-bond donors (Lipinski definition) is 2. The predicted molar refractivity (Wildman–Crippen MR) is 103 cm³/mol. The van der Waals surface area contributed by atoms with E-state index in [0.717, 1.165) is 0 Å². The summed E-state index contributed by atoms with van der Waals surface area (Å²) in [5, 5.41) is 4.84. The number of nitrogens with zero attached hydrogens (tertiary/aromatic N) is 1. The molecule has 0 fully saturated rings. The Kier molecular flexibility index (Phi) is 9.07. The smallest absolute Gasteiger partial charge is 0.338 e. The van der Waals surface area contributed by atoms with Crippen LogP contribution < -0.4 is 10.6 Å². The zero-order valence-corrected chi connectivity index (χ0v) is 17.4. The maximum absolute atomic E-state index is 12.6. The molecule has 0 aliphatic rings. The van der Waals surface area contributed by atoms with Gasteiger partial charge >= 0.3 is 5.97 Å². The Balaban J connectivity index is 2.83. The summed E-state index contributed by atoms with van der Waals surface area (Å²) in [5.74, 6) is -1.81. The number of carbonyl (C=O) groups is 3. The zero-order valence-electron chi connectivity index (χ0n) is 16.6. The van der Waals surface area contributed by atoms with Crippen LogP contribution in [0.3, 0.4) is 0 Å². The van der Waals surface area contributed by atoms with E-state index in [1.165, 1.54) is 22.5 Å². The molecule has 0 aliphatic heterocycles. The molecule has 10 heteroatoms. The summed E-state index contributed by atoms with van der Waals surface area (Å²) in [7, 11) is -3.73. The zero-order chi connectivity index (χ0) is 21.3. The first-order chi connectivity index (χ1) is 13.2. The average Bonchev–Trinajstić information content (AvgIpc) is 2.65. The molecule has 0 saturated heterocycles. The van der Waals surface area contributed by atoms with E-state index in [9.17, 15) is 22.8 Å². The third kappa shape index (κ3) is 6.31. The predicted octanol–water partition coefficient (Wildman–Crippen LogP) is 0.435. The van der Waals surface area contributed by atoms with Crippen LogP contribution in [0.25, 0.3) is 0 Å². The van der Waals surface area contributed by atoms with Gasteiger partial charge in [0.25, 0.3) is 5.91 Å². The number of hydrogen-bond acceptors (Lipinski definition) is 6. The van der Waals surface area contributed by atoms with Crippen molar-refractivity contribution in [2.24, 2.45) is 0 Å². The Hall–Kier alpha value is -2.46. The maximum Gasteiger partial charge on any atom is 0.338 e. The Bertz CT molecular complexity index is 819. The van der Waals surface area contributed by atoms with E-state index in [-0.39, 0.29) is 22.9 Å². The van der Waals surface area contributed by atoms with Gasteiger partial charge in [-0.2, -0.15) is 4.31 Å². The number of sulfonamides is 1. The SMILES string of the molecule is CCNC(=O)CNC(=O)COC(=O)c1cc(S(=O)(=O)N(CC)CC)ccc1C. The second-order valence-electron chi connectivity index (χ2n) is 5.87. The number of amides is 2. The molecule has 0 atom stereocenters. The van der Waals surface area contributed by atoms with Crippen LogP contribution in [-0.4, -0.2) is 63.3 Å². The van der Waals surface area contributed by atoms with Gasteiger partial charge in [-0.1, -0.05) is 19.9 Å². The maximum atomic E-state index is 12.6. The van der Waals surface area contributed by atoms with Crippen LogP contribution in [0.1, 0.15) is 36.7 Å². The highest BCUT2D eigenvalue weighted by Gasteiger charge is 2.24. The number of nitrogens with one attached hydrogen (secondary N) is 2. The van der Waals surface area contributed by atoms with Gasteiger partial charge in [-0.3, -0.25) is 9.59 Å². The van der Waals surface area contributed by atoms with Crippen molar-refractivity contribution in [1.82, 2.24) is 14.9 Å². The Morgan fingerprint density at radius 2 is 1.68 bits per heavy atom. The van der Waals surface area contributed by atoms with Crippen LogP contribution in [0.15, 0.2) is 23.1 Å². The van der Waals surface area contributed by atoms with Gasteiger partial charge in [-0.25, -0.2) is 13.2 Å². The molecule has 0 aromatic heterocycles. The summed E-state index contributed by atoms with van der Waals surface area (Å²) in [4.78, 5) is 35.3. The van der Waals surface area contributed by atoms with Gasteiger partial charge in [0.15, 0.2) is 6.61 Å². The lowest BCUT2D eigenvalue weighted by molar-refractivity contribution is -0.127. The van der Waals surface area contributed by atoms with Crippen molar-refractivity contribution in [3.8, 4) is 0 Å². The molecule has 2 amide bonds. The van der Waals surface area contributed by atoms with E-state index in [0.29, 0.717) is 25.2 Å². The summed E-state index contributed by atoms with van der Waals surface area (Å²) in [5.41, 5.74) is 0.580. The molecule has 0 bridgehead atoms. The minimum Gasteiger partial charge on any atom is -0.452 e. The van der Waals surface area contributed by atoms with Gasteiger partial charge in [0.1, 0.15) is 0 Å². The van der Waals surface area contributed by atoms with Crippen molar-refractivity contribution in [3.05, 3.63) is 29.3 Å². The van der Waals surface area contributed by atoms with E-state index < -0.39 is 28.5 Å². The summed E-state index contributed by atoms with van der Waals surface area (Å²) >= 11 is 0. The van der Waals surface area contributed by atoms with Gasteiger partial charge in [-0.15, -0.1) is 0 Å². The lowest BCUT2D eigenvalue weighted by Crippen LogP contribution is -2.38. The fourth-order valence-corrected chi connectivity index (χ4v) is 3.88. The minimum atomic E-state index is -3.73. The summed E-state index contributed by atoms with van der Waals surface area (Å²) in [6.45, 7) is 7.09. The molecule has 0 aliphatic carbocycles. The minimum absolute atomic E-state index is 0.0190. The van der Waals surface area contributed by atoms with Crippen molar-refractivity contribution >= 4 is 27.8 Å². The quantitative estimate of drug-likeness (QED) is 0.537. The monoisotopic (exact) mass is 413 g/mol. The molecule has 0 spiro atoms. The highest BCUT2D eigenvalue weighted by atomic mass is 32.2. The van der Waals surface area contributed by atoms with Gasteiger partial charge in [0, 0.05) is 19.6 Å². The van der Waals surface area contributed by atoms with Crippen LogP contribution >= 0.6 is 0 Å². The topological polar surface area (TPSA) is 122 Å². The van der Waals surface area contributed by atoms with E-state index in [4.69, 9.17) is 4.74 Å². The van der Waals surface area contributed by atoms with Crippen molar-refractivity contribution in [2.75, 3.05) is 32.8 Å². The van der Waals surface area contributed by atoms with Crippen LogP contribution in [0.5, 0.6) is 0 Å². The van der Waals surface area contributed by atoms with E-state index >= 15 is 0 Å². The largest absolute Gasteiger partial charge is 0.452 e. The Labute approximate surface area is 165 Å². The second-order valence-corrected chi connectivity index (χ2v) is 7.81. The molecule has 28 heavy (non-hydrogen) atoms. The number of likely N-dealkylation sites (N-methyl/N-ethyl adjacent to an activating group) is 1. The van der Waals surface area contributed by atoms with Crippen LogP contribution in [-0.2, 0) is 24.3 Å². The number of aryl methyl sites for hydroxylation is 1. The van der Waals surface area contributed by atoms with Crippen LogP contribution in [0, 0.1) is 6.92 Å². The van der Waals surface area contributed by atoms with Crippen LogP contribution in [0.2, 0.25) is 0 Å². The Morgan fingerprint density at radius 3 is 2.25 bits per heavy atom. The number of rotatable bonds is 10. The molecular weight excluding hydrogens is 386 g/mol. The number of ether oxygens (including phenoxy) is 1. The number of carbonyl (C=O) groups excluding carboxylic acids is 3. The van der Waals surface area contributed by atoms with Crippen molar-refractivity contribution < 1.29 is 27.5 Å². The fraction of sp³-hybridized carbons (Fsp3) is 0.500. The number of esters is 1. The lowest BCUT2D eigenvalue weighted by Gasteiger charge is -2.19. The lowest BCUT2D eigenvalue weighted by atomic mass is 10.1. The van der Waals surface area contributed by atoms with E-state index in [1.807, 2.05) is 0 Å². The molecule has 0 saturated carbocycles. The van der Waals surface area contributed by atoms with Crippen molar-refractivity contribution in [2.45, 2.75) is 32.6 Å². The standard InChI is InChI=1S/C18H27N3O6S/c1-5-19-16(22)11-20-17(23)12-27-18(24)15-10-14(9-8-13(15)4)28(25,26)21(6-2)7-3/h8-10H,5-7,11-12H2,1-4H3,(H,19,22)(H,20,23). The Morgan fingerprint density at radius 1 is 1.04 bits per heavy atom. The molecule has 0 heterocycles. The van der Waals surface area contributed by atoms with Gasteiger partial charge in [-0.05, 0) is 31.5 Å². The van der Waals surface area contributed by atoms with E-state index in [1.54, 1.807) is 27.7 Å². The molecule has 1 aromatic carbocycles. The molecule has 1 rings (SSSR count). The van der Waals surface area contributed by atoms with E-state index in [2.05, 4.69) is 10.6 Å². The first-order valence-electron chi connectivity index (χ1n) is 8.98. The summed E-state index contributed by atoms with van der Waals surface area (Å²) < 4.78 is 31.5. The number of benzene rings is 1. The molecule has 156 valence electrons. The highest BCUT2D eigenvalue weighted by Crippen LogP contribution is 2.20.